The average Bonchev–Trinajstić information content (AvgIpc) is 3.08. The minimum absolute atomic E-state index is 0.406. The van der Waals surface area contributed by atoms with Gasteiger partial charge in [0, 0.05) is 30.6 Å². The van der Waals surface area contributed by atoms with Crippen LogP contribution in [0.25, 0.3) is 0 Å². The molecule has 0 saturated heterocycles. The molecule has 0 aliphatic heterocycles. The lowest BCUT2D eigenvalue weighted by molar-refractivity contribution is 0.139. The molecule has 1 N–H and O–H groups in total. The smallest absolute Gasteiger partial charge is 0.0331 e. The van der Waals surface area contributed by atoms with Gasteiger partial charge in [0.2, 0.25) is 0 Å². The first-order chi connectivity index (χ1) is 9.17. The monoisotopic (exact) mass is 280 g/mol. The topological polar surface area (TPSA) is 15.3 Å². The van der Waals surface area contributed by atoms with Gasteiger partial charge in [-0.1, -0.05) is 26.3 Å². The summed E-state index contributed by atoms with van der Waals surface area (Å²) in [6, 6.07) is 5.29. The summed E-state index contributed by atoms with van der Waals surface area (Å²) in [5, 5.41) is 5.59. The average molecular weight is 280 g/mol. The molecule has 1 aliphatic carbocycles. The summed E-state index contributed by atoms with van der Waals surface area (Å²) in [6.07, 6.45) is 5.37. The second-order valence-corrected chi connectivity index (χ2v) is 7.34. The normalized spacial score (nSPS) is 18.7. The number of thiophene rings is 1. The molecule has 1 saturated carbocycles. The highest BCUT2D eigenvalue weighted by Gasteiger charge is 2.34. The maximum Gasteiger partial charge on any atom is 0.0331 e. The van der Waals surface area contributed by atoms with Crippen molar-refractivity contribution in [2.24, 2.45) is 5.41 Å². The minimum atomic E-state index is 0.406. The lowest BCUT2D eigenvalue weighted by atomic mass is 9.84. The van der Waals surface area contributed by atoms with Crippen molar-refractivity contribution in [1.29, 1.82) is 0 Å². The van der Waals surface area contributed by atoms with E-state index in [4.69, 9.17) is 0 Å². The fourth-order valence-electron chi connectivity index (χ4n) is 3.10. The molecule has 1 atom stereocenters. The van der Waals surface area contributed by atoms with Crippen molar-refractivity contribution in [2.45, 2.75) is 52.1 Å². The number of nitrogens with zero attached hydrogens (tertiary/aromatic N) is 1. The van der Waals surface area contributed by atoms with Crippen molar-refractivity contribution in [3.05, 3.63) is 22.4 Å². The van der Waals surface area contributed by atoms with E-state index in [0.29, 0.717) is 5.41 Å². The maximum atomic E-state index is 3.39. The van der Waals surface area contributed by atoms with Crippen LogP contribution < -0.4 is 5.32 Å². The van der Waals surface area contributed by atoms with Crippen molar-refractivity contribution in [3.63, 3.8) is 0 Å². The quantitative estimate of drug-likeness (QED) is 0.741. The fourth-order valence-corrected chi connectivity index (χ4v) is 3.83. The van der Waals surface area contributed by atoms with Crippen LogP contribution in [0.5, 0.6) is 0 Å². The van der Waals surface area contributed by atoms with Crippen molar-refractivity contribution in [2.75, 3.05) is 20.1 Å². The van der Waals surface area contributed by atoms with Crippen LogP contribution in [-0.2, 0) is 6.54 Å². The van der Waals surface area contributed by atoms with Gasteiger partial charge in [0.05, 0.1) is 0 Å². The lowest BCUT2D eigenvalue weighted by Crippen LogP contribution is -2.42. The Morgan fingerprint density at radius 2 is 2.26 bits per heavy atom. The largest absolute Gasteiger partial charge is 0.319 e. The van der Waals surface area contributed by atoms with Crippen molar-refractivity contribution in [3.8, 4) is 0 Å². The number of nitrogens with one attached hydrogen (secondary N) is 1. The van der Waals surface area contributed by atoms with Crippen molar-refractivity contribution < 1.29 is 0 Å². The Bertz CT molecular complexity index is 351. The standard InChI is InChI=1S/C16H28N2S/c1-4-9-16(2,12-17-3)13-18(14-7-8-14)11-15-6-5-10-19-15/h5-6,10,14,17H,4,7-9,11-13H2,1-3H3. The molecule has 0 amide bonds. The molecule has 1 aromatic rings. The number of hydrogen-bond acceptors (Lipinski definition) is 3. The molecule has 1 heterocycles. The molecule has 0 bridgehead atoms. The molecule has 0 spiro atoms. The van der Waals surface area contributed by atoms with Crippen LogP contribution in [0.4, 0.5) is 0 Å². The Balaban J connectivity index is 1.98. The van der Waals surface area contributed by atoms with E-state index in [9.17, 15) is 0 Å². The SMILES string of the molecule is CCCC(C)(CNC)CN(Cc1cccs1)C1CC1. The second kappa shape index (κ2) is 6.87. The highest BCUT2D eigenvalue weighted by atomic mass is 32.1. The van der Waals surface area contributed by atoms with Crippen molar-refractivity contribution in [1.82, 2.24) is 10.2 Å². The second-order valence-electron chi connectivity index (χ2n) is 6.31. The Morgan fingerprint density at radius 1 is 1.47 bits per heavy atom. The van der Waals surface area contributed by atoms with Gasteiger partial charge in [-0.15, -0.1) is 11.3 Å². The Kier molecular flexibility index (Phi) is 5.43. The predicted octanol–water partition coefficient (Wildman–Crippen LogP) is 3.74. The van der Waals surface area contributed by atoms with Crippen LogP contribution in [0, 0.1) is 5.41 Å². The van der Waals surface area contributed by atoms with E-state index in [1.165, 1.54) is 37.1 Å². The molecule has 19 heavy (non-hydrogen) atoms. The summed E-state index contributed by atoms with van der Waals surface area (Å²) in [6.45, 7) is 8.23. The van der Waals surface area contributed by atoms with Gasteiger partial charge in [-0.05, 0) is 43.2 Å². The van der Waals surface area contributed by atoms with Gasteiger partial charge in [0.1, 0.15) is 0 Å². The summed E-state index contributed by atoms with van der Waals surface area (Å²) < 4.78 is 0. The van der Waals surface area contributed by atoms with Crippen LogP contribution in [-0.4, -0.2) is 31.1 Å². The lowest BCUT2D eigenvalue weighted by Gasteiger charge is -2.35. The van der Waals surface area contributed by atoms with Gasteiger partial charge < -0.3 is 5.32 Å². The van der Waals surface area contributed by atoms with E-state index in [1.54, 1.807) is 0 Å². The minimum Gasteiger partial charge on any atom is -0.319 e. The van der Waals surface area contributed by atoms with Gasteiger partial charge in [0.25, 0.3) is 0 Å². The van der Waals surface area contributed by atoms with E-state index in [0.717, 1.165) is 19.1 Å². The van der Waals surface area contributed by atoms with E-state index in [-0.39, 0.29) is 0 Å². The van der Waals surface area contributed by atoms with E-state index in [1.807, 2.05) is 11.3 Å². The molecule has 2 rings (SSSR count). The van der Waals surface area contributed by atoms with Crippen LogP contribution >= 0.6 is 11.3 Å². The number of rotatable bonds is 9. The molecule has 0 radical (unpaired) electrons. The summed E-state index contributed by atoms with van der Waals surface area (Å²) >= 11 is 1.89. The van der Waals surface area contributed by atoms with Gasteiger partial charge >= 0.3 is 0 Å². The molecule has 1 unspecified atom stereocenters. The van der Waals surface area contributed by atoms with Gasteiger partial charge in [-0.2, -0.15) is 0 Å². The molecular weight excluding hydrogens is 252 g/mol. The van der Waals surface area contributed by atoms with E-state index < -0.39 is 0 Å². The Hall–Kier alpha value is -0.380. The molecule has 3 heteroatoms. The van der Waals surface area contributed by atoms with Crippen LogP contribution in [0.3, 0.4) is 0 Å². The first-order valence-electron chi connectivity index (χ1n) is 7.58. The summed E-state index contributed by atoms with van der Waals surface area (Å²) in [5.74, 6) is 0. The van der Waals surface area contributed by atoms with Crippen LogP contribution in [0.2, 0.25) is 0 Å². The first kappa shape index (κ1) is 15.0. The highest BCUT2D eigenvalue weighted by molar-refractivity contribution is 7.09. The molecule has 2 nitrogen and oxygen atoms in total. The van der Waals surface area contributed by atoms with Gasteiger partial charge in [0.15, 0.2) is 0 Å². The number of hydrogen-bond donors (Lipinski definition) is 1. The molecule has 1 fully saturated rings. The summed E-state index contributed by atoms with van der Waals surface area (Å²) in [4.78, 5) is 4.23. The summed E-state index contributed by atoms with van der Waals surface area (Å²) in [5.41, 5.74) is 0.406. The third-order valence-electron chi connectivity index (χ3n) is 4.04. The van der Waals surface area contributed by atoms with Crippen LogP contribution in [0.15, 0.2) is 17.5 Å². The molecule has 1 aromatic heterocycles. The van der Waals surface area contributed by atoms with Crippen LogP contribution in [0.1, 0.15) is 44.4 Å². The Morgan fingerprint density at radius 3 is 2.79 bits per heavy atom. The van der Waals surface area contributed by atoms with Crippen molar-refractivity contribution >= 4 is 11.3 Å². The zero-order valence-electron chi connectivity index (χ0n) is 12.6. The zero-order chi connectivity index (χ0) is 13.7. The molecule has 1 aliphatic rings. The third-order valence-corrected chi connectivity index (χ3v) is 4.91. The first-order valence-corrected chi connectivity index (χ1v) is 8.46. The van der Waals surface area contributed by atoms with Gasteiger partial charge in [-0.25, -0.2) is 0 Å². The third kappa shape index (κ3) is 4.59. The van der Waals surface area contributed by atoms with E-state index >= 15 is 0 Å². The Labute approximate surface area is 122 Å². The maximum absolute atomic E-state index is 3.39. The zero-order valence-corrected chi connectivity index (χ0v) is 13.4. The summed E-state index contributed by atoms with van der Waals surface area (Å²) in [7, 11) is 2.08. The van der Waals surface area contributed by atoms with Gasteiger partial charge in [-0.3, -0.25) is 4.90 Å². The molecule has 0 aromatic carbocycles. The molecular formula is C16H28N2S. The predicted molar refractivity (Wildman–Crippen MR) is 84.7 cm³/mol. The fraction of sp³-hybridized carbons (Fsp3) is 0.750. The molecule has 108 valence electrons. The highest BCUT2D eigenvalue weighted by Crippen LogP contribution is 2.33. The van der Waals surface area contributed by atoms with E-state index in [2.05, 4.69) is 48.6 Å².